The van der Waals surface area contributed by atoms with Crippen LogP contribution in [0.2, 0.25) is 0 Å². The second kappa shape index (κ2) is 6.21. The second-order valence-electron chi connectivity index (χ2n) is 5.29. The highest BCUT2D eigenvalue weighted by Crippen LogP contribution is 2.30. The SMILES string of the molecule is Cc1nnsc1CN(C)C(=O)c1ccc([C@@H]2CCCN2)s1. The molecule has 0 radical (unpaired) electrons. The Hall–Kier alpha value is -1.31. The number of carbonyl (C=O) groups is 1. The van der Waals surface area contributed by atoms with Crippen molar-refractivity contribution >= 4 is 28.8 Å². The maximum Gasteiger partial charge on any atom is 0.263 e. The Morgan fingerprint density at radius 3 is 3.05 bits per heavy atom. The van der Waals surface area contributed by atoms with Gasteiger partial charge in [0.05, 0.1) is 22.0 Å². The number of amides is 1. The summed E-state index contributed by atoms with van der Waals surface area (Å²) in [6.07, 6.45) is 2.37. The maximum absolute atomic E-state index is 12.5. The van der Waals surface area contributed by atoms with Crippen molar-refractivity contribution in [3.8, 4) is 0 Å². The van der Waals surface area contributed by atoms with Gasteiger partial charge in [-0.25, -0.2) is 0 Å². The molecule has 2 aromatic rings. The Morgan fingerprint density at radius 2 is 2.38 bits per heavy atom. The van der Waals surface area contributed by atoms with E-state index in [0.717, 1.165) is 28.4 Å². The van der Waals surface area contributed by atoms with Crippen LogP contribution in [-0.2, 0) is 6.54 Å². The number of rotatable bonds is 4. The summed E-state index contributed by atoms with van der Waals surface area (Å²) in [5.74, 6) is 0.0667. The molecule has 0 aliphatic carbocycles. The fourth-order valence-corrected chi connectivity index (χ4v) is 4.25. The summed E-state index contributed by atoms with van der Waals surface area (Å²) >= 11 is 2.96. The Morgan fingerprint density at radius 1 is 1.52 bits per heavy atom. The zero-order valence-electron chi connectivity index (χ0n) is 12.1. The van der Waals surface area contributed by atoms with E-state index in [1.807, 2.05) is 20.0 Å². The molecule has 1 aliphatic rings. The van der Waals surface area contributed by atoms with E-state index in [-0.39, 0.29) is 5.91 Å². The number of thiophene rings is 1. The van der Waals surface area contributed by atoms with Crippen molar-refractivity contribution in [2.24, 2.45) is 0 Å². The third-order valence-electron chi connectivity index (χ3n) is 3.71. The van der Waals surface area contributed by atoms with Crippen molar-refractivity contribution in [1.29, 1.82) is 0 Å². The van der Waals surface area contributed by atoms with E-state index in [9.17, 15) is 4.79 Å². The molecule has 5 nitrogen and oxygen atoms in total. The molecule has 3 rings (SSSR count). The van der Waals surface area contributed by atoms with Gasteiger partial charge in [0.2, 0.25) is 0 Å². The molecule has 3 heterocycles. The molecule has 7 heteroatoms. The van der Waals surface area contributed by atoms with E-state index in [0.29, 0.717) is 12.6 Å². The molecule has 2 aromatic heterocycles. The molecular formula is C14H18N4OS2. The lowest BCUT2D eigenvalue weighted by molar-refractivity contribution is 0.0791. The molecule has 1 saturated heterocycles. The highest BCUT2D eigenvalue weighted by molar-refractivity contribution is 7.14. The Kier molecular flexibility index (Phi) is 4.32. The highest BCUT2D eigenvalue weighted by atomic mass is 32.1. The first-order chi connectivity index (χ1) is 10.1. The fraction of sp³-hybridized carbons (Fsp3) is 0.500. The van der Waals surface area contributed by atoms with Gasteiger partial charge in [-0.1, -0.05) is 4.49 Å². The van der Waals surface area contributed by atoms with Gasteiger partial charge in [0.15, 0.2) is 0 Å². The van der Waals surface area contributed by atoms with Gasteiger partial charge in [-0.05, 0) is 50.0 Å². The summed E-state index contributed by atoms with van der Waals surface area (Å²) in [5.41, 5.74) is 0.904. The Bertz CT molecular complexity index is 630. The quantitative estimate of drug-likeness (QED) is 0.940. The van der Waals surface area contributed by atoms with Gasteiger partial charge in [-0.2, -0.15) is 0 Å². The molecular weight excluding hydrogens is 304 g/mol. The van der Waals surface area contributed by atoms with Gasteiger partial charge < -0.3 is 10.2 Å². The van der Waals surface area contributed by atoms with Crippen LogP contribution < -0.4 is 5.32 Å². The molecule has 1 fully saturated rings. The fourth-order valence-electron chi connectivity index (χ4n) is 2.45. The zero-order chi connectivity index (χ0) is 14.8. The van der Waals surface area contributed by atoms with Crippen molar-refractivity contribution in [2.75, 3.05) is 13.6 Å². The number of aryl methyl sites for hydroxylation is 1. The predicted octanol–water partition coefficient (Wildman–Crippen LogP) is 2.60. The van der Waals surface area contributed by atoms with Crippen molar-refractivity contribution in [1.82, 2.24) is 19.8 Å². The number of hydrogen-bond donors (Lipinski definition) is 1. The first-order valence-corrected chi connectivity index (χ1v) is 8.60. The lowest BCUT2D eigenvalue weighted by Gasteiger charge is -2.15. The molecule has 0 unspecified atom stereocenters. The van der Waals surface area contributed by atoms with Crippen LogP contribution in [0.4, 0.5) is 0 Å². The monoisotopic (exact) mass is 322 g/mol. The highest BCUT2D eigenvalue weighted by Gasteiger charge is 2.21. The lowest BCUT2D eigenvalue weighted by atomic mass is 10.2. The molecule has 0 spiro atoms. The predicted molar refractivity (Wildman–Crippen MR) is 84.7 cm³/mol. The molecule has 0 aromatic carbocycles. The Balaban J connectivity index is 1.68. The maximum atomic E-state index is 12.5. The van der Waals surface area contributed by atoms with Crippen LogP contribution in [0.25, 0.3) is 0 Å². The first-order valence-electron chi connectivity index (χ1n) is 7.01. The van der Waals surface area contributed by atoms with Crippen LogP contribution in [-0.4, -0.2) is 34.0 Å². The average molecular weight is 322 g/mol. The normalized spacial score (nSPS) is 18.1. The minimum Gasteiger partial charge on any atom is -0.336 e. The van der Waals surface area contributed by atoms with Crippen LogP contribution in [0.5, 0.6) is 0 Å². The van der Waals surface area contributed by atoms with E-state index in [2.05, 4.69) is 21.0 Å². The third kappa shape index (κ3) is 3.14. The largest absolute Gasteiger partial charge is 0.336 e. The summed E-state index contributed by atoms with van der Waals surface area (Å²) in [4.78, 5) is 17.3. The number of carbonyl (C=O) groups excluding carboxylic acids is 1. The van der Waals surface area contributed by atoms with Gasteiger partial charge in [-0.3, -0.25) is 4.79 Å². The minimum atomic E-state index is 0.0667. The van der Waals surface area contributed by atoms with Gasteiger partial charge in [-0.15, -0.1) is 16.4 Å². The molecule has 0 saturated carbocycles. The van der Waals surface area contributed by atoms with Crippen molar-refractivity contribution < 1.29 is 4.79 Å². The number of nitrogens with one attached hydrogen (secondary N) is 1. The second-order valence-corrected chi connectivity index (χ2v) is 7.25. The molecule has 112 valence electrons. The molecule has 1 N–H and O–H groups in total. The van der Waals surface area contributed by atoms with Crippen LogP contribution in [0.15, 0.2) is 12.1 Å². The first kappa shape index (κ1) is 14.6. The van der Waals surface area contributed by atoms with Crippen molar-refractivity contribution in [3.63, 3.8) is 0 Å². The zero-order valence-corrected chi connectivity index (χ0v) is 13.8. The smallest absolute Gasteiger partial charge is 0.263 e. The van der Waals surface area contributed by atoms with Crippen LogP contribution in [0.1, 0.15) is 44.0 Å². The molecule has 1 aliphatic heterocycles. The third-order valence-corrected chi connectivity index (χ3v) is 5.71. The van der Waals surface area contributed by atoms with Crippen LogP contribution in [0, 0.1) is 6.92 Å². The summed E-state index contributed by atoms with van der Waals surface area (Å²) < 4.78 is 3.91. The number of hydrogen-bond acceptors (Lipinski definition) is 6. The molecule has 0 bridgehead atoms. The minimum absolute atomic E-state index is 0.0667. The van der Waals surface area contributed by atoms with Gasteiger partial charge >= 0.3 is 0 Å². The van der Waals surface area contributed by atoms with E-state index in [4.69, 9.17) is 0 Å². The van der Waals surface area contributed by atoms with Gasteiger partial charge in [0, 0.05) is 18.0 Å². The van der Waals surface area contributed by atoms with E-state index < -0.39 is 0 Å². The van der Waals surface area contributed by atoms with Gasteiger partial charge in [0.25, 0.3) is 5.91 Å². The number of nitrogens with zero attached hydrogens (tertiary/aromatic N) is 3. The summed E-state index contributed by atoms with van der Waals surface area (Å²) in [6.45, 7) is 3.56. The summed E-state index contributed by atoms with van der Waals surface area (Å²) in [7, 11) is 1.83. The average Bonchev–Trinajstić information content (AvgIpc) is 3.18. The van der Waals surface area contributed by atoms with Crippen LogP contribution in [0.3, 0.4) is 0 Å². The standard InChI is InChI=1S/C14H18N4OS2/c1-9-13(21-17-16-9)8-18(2)14(19)12-6-5-11(20-12)10-4-3-7-15-10/h5-6,10,15H,3-4,7-8H2,1-2H3/t10-/m0/s1. The molecule has 21 heavy (non-hydrogen) atoms. The van der Waals surface area contributed by atoms with Crippen molar-refractivity contribution in [2.45, 2.75) is 32.4 Å². The number of aromatic nitrogens is 2. The van der Waals surface area contributed by atoms with Crippen molar-refractivity contribution in [3.05, 3.63) is 32.5 Å². The van der Waals surface area contributed by atoms with E-state index in [1.165, 1.54) is 22.8 Å². The van der Waals surface area contributed by atoms with Crippen LogP contribution >= 0.6 is 22.9 Å². The summed E-state index contributed by atoms with van der Waals surface area (Å²) in [5, 5.41) is 7.45. The molecule has 1 atom stereocenters. The molecule has 1 amide bonds. The topological polar surface area (TPSA) is 58.1 Å². The Labute approximate surface area is 132 Å². The van der Waals surface area contributed by atoms with E-state index >= 15 is 0 Å². The lowest BCUT2D eigenvalue weighted by Crippen LogP contribution is -2.25. The van der Waals surface area contributed by atoms with Gasteiger partial charge in [0.1, 0.15) is 0 Å². The summed E-state index contributed by atoms with van der Waals surface area (Å²) in [6, 6.07) is 4.44. The van der Waals surface area contributed by atoms with E-state index in [1.54, 1.807) is 16.2 Å².